The molecule has 1 nitrogen and oxygen atoms in total. The minimum Gasteiger partial charge on any atom is -0.241 e. The van der Waals surface area contributed by atoms with Crippen molar-refractivity contribution in [3.8, 4) is 0 Å². The second-order valence-corrected chi connectivity index (χ2v) is 5.79. The van der Waals surface area contributed by atoms with E-state index in [4.69, 9.17) is 4.98 Å². The second-order valence-electron chi connectivity index (χ2n) is 4.75. The Bertz CT molecular complexity index is 447. The Morgan fingerprint density at radius 1 is 1.20 bits per heavy atom. The molecule has 1 aromatic heterocycles. The van der Waals surface area contributed by atoms with Gasteiger partial charge in [0.05, 0.1) is 15.2 Å². The van der Waals surface area contributed by atoms with Gasteiger partial charge in [0, 0.05) is 5.41 Å². The molecule has 0 atom stereocenters. The summed E-state index contributed by atoms with van der Waals surface area (Å²) in [6.45, 7) is 2.37. The van der Waals surface area contributed by atoms with E-state index >= 15 is 0 Å². The number of thiazole rings is 1. The molecule has 0 bridgehead atoms. The van der Waals surface area contributed by atoms with Crippen LogP contribution in [-0.4, -0.2) is 4.98 Å². The van der Waals surface area contributed by atoms with E-state index in [2.05, 4.69) is 31.2 Å². The van der Waals surface area contributed by atoms with Gasteiger partial charge in [0.15, 0.2) is 0 Å². The van der Waals surface area contributed by atoms with Crippen LogP contribution in [0, 0.1) is 0 Å². The van der Waals surface area contributed by atoms with Crippen LogP contribution in [0.1, 0.15) is 37.6 Å². The standard InChI is InChI=1S/C13H15NS/c1-13(8-4-5-9-13)12-14-10-6-2-3-7-11(10)15-12/h2-3,6-7H,4-5,8-9H2,1H3. The predicted molar refractivity (Wildman–Crippen MR) is 65.4 cm³/mol. The molecule has 1 saturated carbocycles. The van der Waals surface area contributed by atoms with E-state index in [0.717, 1.165) is 0 Å². The second kappa shape index (κ2) is 3.31. The summed E-state index contributed by atoms with van der Waals surface area (Å²) in [5.74, 6) is 0. The van der Waals surface area contributed by atoms with Gasteiger partial charge in [0.1, 0.15) is 0 Å². The van der Waals surface area contributed by atoms with Gasteiger partial charge in [-0.15, -0.1) is 11.3 Å². The van der Waals surface area contributed by atoms with E-state index < -0.39 is 0 Å². The minimum atomic E-state index is 0.365. The zero-order valence-electron chi connectivity index (χ0n) is 8.99. The third-order valence-electron chi connectivity index (χ3n) is 3.52. The Labute approximate surface area is 94.2 Å². The van der Waals surface area contributed by atoms with Crippen LogP contribution in [0.2, 0.25) is 0 Å². The number of fused-ring (bicyclic) bond motifs is 1. The highest BCUT2D eigenvalue weighted by molar-refractivity contribution is 7.18. The molecule has 0 aliphatic heterocycles. The molecule has 0 N–H and O–H groups in total. The molecule has 0 radical (unpaired) electrons. The number of benzene rings is 1. The summed E-state index contributed by atoms with van der Waals surface area (Å²) in [4.78, 5) is 4.78. The van der Waals surface area contributed by atoms with E-state index in [1.165, 1.54) is 40.9 Å². The summed E-state index contributed by atoms with van der Waals surface area (Å²) in [5.41, 5.74) is 1.54. The van der Waals surface area contributed by atoms with Crippen molar-refractivity contribution >= 4 is 21.6 Å². The first-order valence-corrected chi connectivity index (χ1v) is 6.46. The lowest BCUT2D eigenvalue weighted by molar-refractivity contribution is 0.489. The maximum Gasteiger partial charge on any atom is 0.0997 e. The lowest BCUT2D eigenvalue weighted by Crippen LogP contribution is -2.15. The van der Waals surface area contributed by atoms with Crippen molar-refractivity contribution in [1.82, 2.24) is 4.98 Å². The Balaban J connectivity index is 2.11. The number of rotatable bonds is 1. The van der Waals surface area contributed by atoms with Gasteiger partial charge in [-0.2, -0.15) is 0 Å². The molecule has 0 unspecified atom stereocenters. The van der Waals surface area contributed by atoms with E-state index in [-0.39, 0.29) is 0 Å². The van der Waals surface area contributed by atoms with Crippen LogP contribution in [-0.2, 0) is 5.41 Å². The first-order valence-electron chi connectivity index (χ1n) is 5.64. The molecule has 1 heterocycles. The molecular formula is C13H15NS. The fraction of sp³-hybridized carbons (Fsp3) is 0.462. The number of hydrogen-bond donors (Lipinski definition) is 0. The van der Waals surface area contributed by atoms with E-state index in [1.54, 1.807) is 0 Å². The normalized spacial score (nSPS) is 19.8. The SMILES string of the molecule is CC1(c2nc3ccccc3s2)CCCC1. The van der Waals surface area contributed by atoms with Gasteiger partial charge in [-0.3, -0.25) is 0 Å². The number of hydrogen-bond acceptors (Lipinski definition) is 2. The Morgan fingerprint density at radius 2 is 1.93 bits per heavy atom. The summed E-state index contributed by atoms with van der Waals surface area (Å²) in [5, 5.41) is 1.35. The zero-order valence-corrected chi connectivity index (χ0v) is 9.81. The largest absolute Gasteiger partial charge is 0.241 e. The number of para-hydroxylation sites is 1. The molecule has 0 saturated heterocycles. The molecular weight excluding hydrogens is 202 g/mol. The van der Waals surface area contributed by atoms with Crippen LogP contribution in [0.3, 0.4) is 0 Å². The Morgan fingerprint density at radius 3 is 2.67 bits per heavy atom. The van der Waals surface area contributed by atoms with Crippen LogP contribution >= 0.6 is 11.3 Å². The fourth-order valence-corrected chi connectivity index (χ4v) is 3.67. The first-order chi connectivity index (χ1) is 7.28. The molecule has 1 aliphatic carbocycles. The van der Waals surface area contributed by atoms with Gasteiger partial charge in [0.25, 0.3) is 0 Å². The summed E-state index contributed by atoms with van der Waals surface area (Å²) >= 11 is 1.88. The van der Waals surface area contributed by atoms with Crippen molar-refractivity contribution in [3.63, 3.8) is 0 Å². The van der Waals surface area contributed by atoms with Gasteiger partial charge >= 0.3 is 0 Å². The van der Waals surface area contributed by atoms with Crippen molar-refractivity contribution < 1.29 is 0 Å². The van der Waals surface area contributed by atoms with Gasteiger partial charge < -0.3 is 0 Å². The summed E-state index contributed by atoms with van der Waals surface area (Å²) < 4.78 is 1.33. The van der Waals surface area contributed by atoms with Gasteiger partial charge in [0.2, 0.25) is 0 Å². The quantitative estimate of drug-likeness (QED) is 0.700. The predicted octanol–water partition coefficient (Wildman–Crippen LogP) is 4.13. The molecule has 2 aromatic rings. The third kappa shape index (κ3) is 1.48. The first kappa shape index (κ1) is 9.34. The van der Waals surface area contributed by atoms with Crippen molar-refractivity contribution in [2.75, 3.05) is 0 Å². The molecule has 0 amide bonds. The Hall–Kier alpha value is -0.890. The van der Waals surface area contributed by atoms with Crippen molar-refractivity contribution in [3.05, 3.63) is 29.3 Å². The lowest BCUT2D eigenvalue weighted by Gasteiger charge is -2.19. The molecule has 3 rings (SSSR count). The van der Waals surface area contributed by atoms with Gasteiger partial charge in [-0.25, -0.2) is 4.98 Å². The maximum absolute atomic E-state index is 4.78. The number of nitrogens with zero attached hydrogens (tertiary/aromatic N) is 1. The smallest absolute Gasteiger partial charge is 0.0997 e. The average molecular weight is 217 g/mol. The highest BCUT2D eigenvalue weighted by atomic mass is 32.1. The summed E-state index contributed by atoms with van der Waals surface area (Å²) in [6.07, 6.45) is 5.36. The van der Waals surface area contributed by atoms with E-state index in [0.29, 0.717) is 5.41 Å². The monoisotopic (exact) mass is 217 g/mol. The topological polar surface area (TPSA) is 12.9 Å². The van der Waals surface area contributed by atoms with Crippen molar-refractivity contribution in [2.24, 2.45) is 0 Å². The molecule has 15 heavy (non-hydrogen) atoms. The zero-order chi connectivity index (χ0) is 10.3. The number of aromatic nitrogens is 1. The van der Waals surface area contributed by atoms with Crippen molar-refractivity contribution in [2.45, 2.75) is 38.0 Å². The van der Waals surface area contributed by atoms with Crippen LogP contribution < -0.4 is 0 Å². The maximum atomic E-state index is 4.78. The van der Waals surface area contributed by atoms with Crippen LogP contribution in [0.15, 0.2) is 24.3 Å². The average Bonchev–Trinajstić information content (AvgIpc) is 2.84. The summed E-state index contributed by atoms with van der Waals surface area (Å²) in [6, 6.07) is 8.46. The molecule has 0 spiro atoms. The molecule has 78 valence electrons. The highest BCUT2D eigenvalue weighted by Crippen LogP contribution is 2.43. The molecule has 1 aromatic carbocycles. The molecule has 2 heteroatoms. The van der Waals surface area contributed by atoms with Gasteiger partial charge in [-0.1, -0.05) is 31.9 Å². The lowest BCUT2D eigenvalue weighted by atomic mass is 9.90. The minimum absolute atomic E-state index is 0.365. The van der Waals surface area contributed by atoms with Gasteiger partial charge in [-0.05, 0) is 25.0 Å². The third-order valence-corrected chi connectivity index (χ3v) is 4.86. The van der Waals surface area contributed by atoms with E-state index in [9.17, 15) is 0 Å². The summed E-state index contributed by atoms with van der Waals surface area (Å²) in [7, 11) is 0. The fourth-order valence-electron chi connectivity index (χ4n) is 2.50. The van der Waals surface area contributed by atoms with E-state index in [1.807, 2.05) is 11.3 Å². The van der Waals surface area contributed by atoms with Crippen LogP contribution in [0.4, 0.5) is 0 Å². The Kier molecular flexibility index (Phi) is 2.06. The van der Waals surface area contributed by atoms with Crippen LogP contribution in [0.25, 0.3) is 10.2 Å². The van der Waals surface area contributed by atoms with Crippen LogP contribution in [0.5, 0.6) is 0 Å². The highest BCUT2D eigenvalue weighted by Gasteiger charge is 2.33. The van der Waals surface area contributed by atoms with Crippen molar-refractivity contribution in [1.29, 1.82) is 0 Å². The molecule has 1 fully saturated rings. The molecule has 1 aliphatic rings.